The molecule has 31 heavy (non-hydrogen) atoms. The maximum atomic E-state index is 15.5. The van der Waals surface area contributed by atoms with Gasteiger partial charge in [0.2, 0.25) is 11.9 Å². The second kappa shape index (κ2) is 8.83. The number of amides is 1. The highest BCUT2D eigenvalue weighted by atomic mass is 19.1. The van der Waals surface area contributed by atoms with Crippen molar-refractivity contribution in [2.45, 2.75) is 40.5 Å². The normalized spacial score (nSPS) is 11.5. The third kappa shape index (κ3) is 5.25. The van der Waals surface area contributed by atoms with Crippen molar-refractivity contribution in [1.82, 2.24) is 9.55 Å². The number of esters is 1. The zero-order chi connectivity index (χ0) is 22.8. The van der Waals surface area contributed by atoms with Gasteiger partial charge in [0.15, 0.2) is 5.82 Å². The molecule has 0 bridgehead atoms. The fraction of sp³-hybridized carbons (Fsp3) is 0.348. The quantitative estimate of drug-likeness (QED) is 0.572. The minimum absolute atomic E-state index is 0.0828. The molecule has 1 heterocycles. The summed E-state index contributed by atoms with van der Waals surface area (Å²) in [5, 5.41) is 2.74. The smallest absolute Gasteiger partial charge is 0.310 e. The highest BCUT2D eigenvalue weighted by Crippen LogP contribution is 2.30. The topological polar surface area (TPSA) is 73.2 Å². The van der Waals surface area contributed by atoms with Crippen molar-refractivity contribution in [1.29, 1.82) is 0 Å². The third-order valence-corrected chi connectivity index (χ3v) is 4.50. The molecule has 0 aliphatic heterocycles. The lowest BCUT2D eigenvalue weighted by Crippen LogP contribution is -2.21. The number of halogens is 2. The first-order valence-corrected chi connectivity index (χ1v) is 10.0. The molecule has 3 rings (SSSR count). The van der Waals surface area contributed by atoms with Crippen LogP contribution in [0.3, 0.4) is 0 Å². The van der Waals surface area contributed by atoms with Gasteiger partial charge in [0, 0.05) is 17.7 Å². The third-order valence-electron chi connectivity index (χ3n) is 4.50. The summed E-state index contributed by atoms with van der Waals surface area (Å²) in [6.45, 7) is 7.65. The van der Waals surface area contributed by atoms with Gasteiger partial charge in [0.1, 0.15) is 11.3 Å². The predicted octanol–water partition coefficient (Wildman–Crippen LogP) is 4.78. The number of nitrogens with zero attached hydrogens (tertiary/aromatic N) is 2. The number of carbonyl (C=O) groups excluding carboxylic acids is 2. The van der Waals surface area contributed by atoms with Crippen molar-refractivity contribution in [3.63, 3.8) is 0 Å². The molecule has 0 aliphatic carbocycles. The molecule has 2 aromatic carbocycles. The summed E-state index contributed by atoms with van der Waals surface area (Å²) in [5.74, 6) is -1.82. The summed E-state index contributed by atoms with van der Waals surface area (Å²) in [6.07, 6.45) is -0.00780. The molecular weight excluding hydrogens is 404 g/mol. The van der Waals surface area contributed by atoms with Crippen LogP contribution in [0.4, 0.5) is 14.7 Å². The number of rotatable bonds is 6. The van der Waals surface area contributed by atoms with Gasteiger partial charge in [-0.05, 0) is 42.7 Å². The standard InChI is InChI=1S/C23H25F2N3O3/c1-5-31-19(30)12-14-6-11-17-21(20(14)25)28(16-9-7-15(24)8-10-16)22(26-17)27-18(29)13-23(2,3)4/h6-11H,5,12-13H2,1-4H3,(H,26,27,29). The molecule has 0 atom stereocenters. The van der Waals surface area contributed by atoms with E-state index in [1.54, 1.807) is 13.0 Å². The highest BCUT2D eigenvalue weighted by Gasteiger charge is 2.23. The minimum atomic E-state index is -0.654. The van der Waals surface area contributed by atoms with Gasteiger partial charge >= 0.3 is 5.97 Å². The van der Waals surface area contributed by atoms with E-state index in [0.717, 1.165) is 0 Å². The van der Waals surface area contributed by atoms with Gasteiger partial charge in [-0.2, -0.15) is 0 Å². The van der Waals surface area contributed by atoms with Crippen molar-refractivity contribution in [3.8, 4) is 5.69 Å². The number of carbonyl (C=O) groups is 2. The average Bonchev–Trinajstić information content (AvgIpc) is 3.02. The van der Waals surface area contributed by atoms with Gasteiger partial charge in [0.25, 0.3) is 0 Å². The Hall–Kier alpha value is -3.29. The fourth-order valence-electron chi connectivity index (χ4n) is 3.25. The highest BCUT2D eigenvalue weighted by molar-refractivity contribution is 5.93. The Morgan fingerprint density at radius 3 is 2.39 bits per heavy atom. The first-order chi connectivity index (χ1) is 14.6. The Morgan fingerprint density at radius 1 is 1.10 bits per heavy atom. The molecule has 8 heteroatoms. The number of nitrogens with one attached hydrogen (secondary N) is 1. The van der Waals surface area contributed by atoms with Crippen LogP contribution in [-0.4, -0.2) is 28.0 Å². The van der Waals surface area contributed by atoms with Gasteiger partial charge in [-0.1, -0.05) is 26.8 Å². The number of hydrogen-bond acceptors (Lipinski definition) is 4. The zero-order valence-electron chi connectivity index (χ0n) is 18.0. The molecular formula is C23H25F2N3O3. The largest absolute Gasteiger partial charge is 0.466 e. The zero-order valence-corrected chi connectivity index (χ0v) is 18.0. The number of aromatic nitrogens is 2. The van der Waals surface area contributed by atoms with Crippen LogP contribution in [0.15, 0.2) is 36.4 Å². The number of benzene rings is 2. The van der Waals surface area contributed by atoms with Crippen LogP contribution >= 0.6 is 0 Å². The Labute approximate surface area is 179 Å². The Bertz CT molecular complexity index is 1120. The minimum Gasteiger partial charge on any atom is -0.466 e. The molecule has 0 saturated carbocycles. The molecule has 0 saturated heterocycles. The summed E-state index contributed by atoms with van der Waals surface area (Å²) in [5.41, 5.74) is 0.679. The Morgan fingerprint density at radius 2 is 1.77 bits per heavy atom. The van der Waals surface area contributed by atoms with Gasteiger partial charge in [0.05, 0.1) is 18.5 Å². The molecule has 0 radical (unpaired) electrons. The van der Waals surface area contributed by atoms with Crippen LogP contribution in [0.5, 0.6) is 0 Å². The van der Waals surface area contributed by atoms with E-state index in [1.165, 1.54) is 34.9 Å². The molecule has 1 N–H and O–H groups in total. The number of ether oxygens (including phenoxy) is 1. The maximum absolute atomic E-state index is 15.5. The van der Waals surface area contributed by atoms with Crippen molar-refractivity contribution in [2.24, 2.45) is 5.41 Å². The second-order valence-electron chi connectivity index (χ2n) is 8.42. The Balaban J connectivity index is 2.13. The van der Waals surface area contributed by atoms with Gasteiger partial charge in [-0.3, -0.25) is 19.5 Å². The van der Waals surface area contributed by atoms with E-state index in [2.05, 4.69) is 10.3 Å². The number of imidazole rings is 1. The monoisotopic (exact) mass is 429 g/mol. The second-order valence-corrected chi connectivity index (χ2v) is 8.42. The van der Waals surface area contributed by atoms with Gasteiger partial charge in [-0.15, -0.1) is 0 Å². The predicted molar refractivity (Wildman–Crippen MR) is 114 cm³/mol. The lowest BCUT2D eigenvalue weighted by Gasteiger charge is -2.17. The molecule has 0 fully saturated rings. The number of fused-ring (bicyclic) bond motifs is 1. The van der Waals surface area contributed by atoms with E-state index in [1.807, 2.05) is 20.8 Å². The first-order valence-electron chi connectivity index (χ1n) is 10.0. The van der Waals surface area contributed by atoms with Crippen LogP contribution in [0.2, 0.25) is 0 Å². The van der Waals surface area contributed by atoms with Crippen molar-refractivity contribution in [2.75, 3.05) is 11.9 Å². The SMILES string of the molecule is CCOC(=O)Cc1ccc2nc(NC(=O)CC(C)(C)C)n(-c3ccc(F)cc3)c2c1F. The molecule has 0 unspecified atom stereocenters. The van der Waals surface area contributed by atoms with E-state index in [9.17, 15) is 14.0 Å². The lowest BCUT2D eigenvalue weighted by atomic mass is 9.92. The van der Waals surface area contributed by atoms with Crippen LogP contribution < -0.4 is 5.32 Å². The first kappa shape index (κ1) is 22.4. The summed E-state index contributed by atoms with van der Waals surface area (Å²) in [6, 6.07) is 8.45. The lowest BCUT2D eigenvalue weighted by molar-refractivity contribution is -0.142. The summed E-state index contributed by atoms with van der Waals surface area (Å²) >= 11 is 0. The molecule has 0 aliphatic rings. The molecule has 3 aromatic rings. The summed E-state index contributed by atoms with van der Waals surface area (Å²) in [7, 11) is 0. The number of hydrogen-bond donors (Lipinski definition) is 1. The molecule has 1 amide bonds. The van der Waals surface area contributed by atoms with Crippen LogP contribution in [0.25, 0.3) is 16.7 Å². The molecule has 0 spiro atoms. The molecule has 6 nitrogen and oxygen atoms in total. The molecule has 164 valence electrons. The van der Waals surface area contributed by atoms with E-state index in [4.69, 9.17) is 4.74 Å². The summed E-state index contributed by atoms with van der Waals surface area (Å²) in [4.78, 5) is 28.8. The number of anilines is 1. The van der Waals surface area contributed by atoms with E-state index in [0.29, 0.717) is 11.2 Å². The van der Waals surface area contributed by atoms with Gasteiger partial charge in [-0.25, -0.2) is 13.8 Å². The van der Waals surface area contributed by atoms with Crippen molar-refractivity contribution >= 4 is 28.9 Å². The van der Waals surface area contributed by atoms with Crippen molar-refractivity contribution in [3.05, 3.63) is 53.6 Å². The van der Waals surface area contributed by atoms with E-state index in [-0.39, 0.29) is 47.8 Å². The maximum Gasteiger partial charge on any atom is 0.310 e. The van der Waals surface area contributed by atoms with E-state index < -0.39 is 17.6 Å². The summed E-state index contributed by atoms with van der Waals surface area (Å²) < 4.78 is 35.3. The average molecular weight is 429 g/mol. The fourth-order valence-corrected chi connectivity index (χ4v) is 3.25. The van der Waals surface area contributed by atoms with Crippen LogP contribution in [-0.2, 0) is 20.7 Å². The van der Waals surface area contributed by atoms with Crippen LogP contribution in [0, 0.1) is 17.0 Å². The van der Waals surface area contributed by atoms with E-state index >= 15 is 4.39 Å². The van der Waals surface area contributed by atoms with Crippen LogP contribution in [0.1, 0.15) is 39.7 Å². The van der Waals surface area contributed by atoms with Gasteiger partial charge < -0.3 is 4.74 Å². The Kier molecular flexibility index (Phi) is 6.38. The molecule has 1 aromatic heterocycles. The van der Waals surface area contributed by atoms with Crippen molar-refractivity contribution < 1.29 is 23.1 Å².